The van der Waals surface area contributed by atoms with E-state index >= 15 is 0 Å². The highest BCUT2D eigenvalue weighted by molar-refractivity contribution is 5.67. The Morgan fingerprint density at radius 1 is 1.17 bits per heavy atom. The molecule has 0 spiro atoms. The van der Waals surface area contributed by atoms with Gasteiger partial charge in [-0.15, -0.1) is 0 Å². The maximum Gasteiger partial charge on any atom is 0.136 e. The predicted molar refractivity (Wildman–Crippen MR) is 72.7 cm³/mol. The largest absolute Gasteiger partial charge is 0.497 e. The standard InChI is InChI=1S/C15H16N2O/c1-11-7-9-16-15-14(11)8-10-17(15)12-3-5-13(18-2)6-4-12/h3-7,9H,8,10H2,1-2H3. The fourth-order valence-corrected chi connectivity index (χ4v) is 2.46. The number of hydrogen-bond acceptors (Lipinski definition) is 3. The van der Waals surface area contributed by atoms with Crippen molar-refractivity contribution in [2.24, 2.45) is 0 Å². The molecule has 1 aliphatic rings. The van der Waals surface area contributed by atoms with E-state index in [1.807, 2.05) is 18.3 Å². The number of rotatable bonds is 2. The Morgan fingerprint density at radius 3 is 2.67 bits per heavy atom. The van der Waals surface area contributed by atoms with Crippen molar-refractivity contribution >= 4 is 11.5 Å². The van der Waals surface area contributed by atoms with E-state index < -0.39 is 0 Å². The Balaban J connectivity index is 1.98. The molecule has 0 radical (unpaired) electrons. The lowest BCUT2D eigenvalue weighted by molar-refractivity contribution is 0.415. The molecular formula is C15H16N2O. The summed E-state index contributed by atoms with van der Waals surface area (Å²) in [5.74, 6) is 1.98. The highest BCUT2D eigenvalue weighted by atomic mass is 16.5. The fraction of sp³-hybridized carbons (Fsp3) is 0.267. The Hall–Kier alpha value is -2.03. The molecule has 92 valence electrons. The molecule has 0 unspecified atom stereocenters. The van der Waals surface area contributed by atoms with Gasteiger partial charge in [0.25, 0.3) is 0 Å². The van der Waals surface area contributed by atoms with Crippen molar-refractivity contribution in [2.75, 3.05) is 18.6 Å². The van der Waals surface area contributed by atoms with E-state index in [0.717, 1.165) is 24.5 Å². The van der Waals surface area contributed by atoms with E-state index in [4.69, 9.17) is 4.74 Å². The van der Waals surface area contributed by atoms with Crippen LogP contribution in [0.1, 0.15) is 11.1 Å². The SMILES string of the molecule is COc1ccc(N2CCc3c(C)ccnc32)cc1. The second-order valence-corrected chi connectivity index (χ2v) is 4.53. The van der Waals surface area contributed by atoms with Gasteiger partial charge in [0.05, 0.1) is 7.11 Å². The molecule has 3 rings (SSSR count). The zero-order chi connectivity index (χ0) is 12.5. The predicted octanol–water partition coefficient (Wildman–Crippen LogP) is 3.09. The molecule has 0 fully saturated rings. The van der Waals surface area contributed by atoms with Crippen LogP contribution < -0.4 is 9.64 Å². The summed E-state index contributed by atoms with van der Waals surface area (Å²) < 4.78 is 5.19. The molecule has 0 bridgehead atoms. The van der Waals surface area contributed by atoms with Crippen LogP contribution in [0.2, 0.25) is 0 Å². The van der Waals surface area contributed by atoms with Gasteiger partial charge < -0.3 is 9.64 Å². The molecule has 0 amide bonds. The summed E-state index contributed by atoms with van der Waals surface area (Å²) >= 11 is 0. The number of aromatic nitrogens is 1. The van der Waals surface area contributed by atoms with Crippen LogP contribution in [0, 0.1) is 6.92 Å². The van der Waals surface area contributed by atoms with Gasteiger partial charge in [0.2, 0.25) is 0 Å². The molecule has 3 heteroatoms. The van der Waals surface area contributed by atoms with Crippen LogP contribution in [0.3, 0.4) is 0 Å². The molecule has 0 saturated carbocycles. The van der Waals surface area contributed by atoms with E-state index in [0.29, 0.717) is 0 Å². The third-order valence-corrected chi connectivity index (χ3v) is 3.49. The van der Waals surface area contributed by atoms with Crippen LogP contribution in [0.5, 0.6) is 5.75 Å². The Morgan fingerprint density at radius 2 is 1.94 bits per heavy atom. The van der Waals surface area contributed by atoms with E-state index in [2.05, 4.69) is 35.0 Å². The Bertz CT molecular complexity index is 563. The second-order valence-electron chi connectivity index (χ2n) is 4.53. The monoisotopic (exact) mass is 240 g/mol. The van der Waals surface area contributed by atoms with Crippen LogP contribution in [0.4, 0.5) is 11.5 Å². The molecule has 3 nitrogen and oxygen atoms in total. The maximum atomic E-state index is 5.19. The lowest BCUT2D eigenvalue weighted by Gasteiger charge is -2.18. The van der Waals surface area contributed by atoms with E-state index in [1.165, 1.54) is 16.8 Å². The molecule has 0 saturated heterocycles. The van der Waals surface area contributed by atoms with Crippen LogP contribution >= 0.6 is 0 Å². The molecule has 18 heavy (non-hydrogen) atoms. The third kappa shape index (κ3) is 1.72. The minimum Gasteiger partial charge on any atom is -0.497 e. The number of fused-ring (bicyclic) bond motifs is 1. The van der Waals surface area contributed by atoms with Gasteiger partial charge in [-0.05, 0) is 54.8 Å². The number of hydrogen-bond donors (Lipinski definition) is 0. The summed E-state index contributed by atoms with van der Waals surface area (Å²) in [6.07, 6.45) is 2.96. The number of nitrogens with zero attached hydrogens (tertiary/aromatic N) is 2. The van der Waals surface area contributed by atoms with Gasteiger partial charge >= 0.3 is 0 Å². The smallest absolute Gasteiger partial charge is 0.136 e. The first-order chi connectivity index (χ1) is 8.79. The van der Waals surface area contributed by atoms with Crippen molar-refractivity contribution in [2.45, 2.75) is 13.3 Å². The number of benzene rings is 1. The number of pyridine rings is 1. The van der Waals surface area contributed by atoms with E-state index in [-0.39, 0.29) is 0 Å². The summed E-state index contributed by atoms with van der Waals surface area (Å²) in [5.41, 5.74) is 3.87. The van der Waals surface area contributed by atoms with Crippen molar-refractivity contribution in [3.8, 4) is 5.75 Å². The first-order valence-electron chi connectivity index (χ1n) is 6.15. The van der Waals surface area contributed by atoms with Crippen molar-refractivity contribution in [3.63, 3.8) is 0 Å². The van der Waals surface area contributed by atoms with Gasteiger partial charge in [-0.2, -0.15) is 0 Å². The molecule has 1 aliphatic heterocycles. The average molecular weight is 240 g/mol. The lowest BCUT2D eigenvalue weighted by atomic mass is 10.1. The summed E-state index contributed by atoms with van der Waals surface area (Å²) in [6.45, 7) is 3.15. The highest BCUT2D eigenvalue weighted by Crippen LogP contribution is 2.34. The summed E-state index contributed by atoms with van der Waals surface area (Å²) in [4.78, 5) is 6.78. The molecule has 2 aromatic rings. The van der Waals surface area contributed by atoms with Crippen LogP contribution in [-0.2, 0) is 6.42 Å². The molecule has 0 atom stereocenters. The molecule has 1 aromatic heterocycles. The maximum absolute atomic E-state index is 5.19. The summed E-state index contributed by atoms with van der Waals surface area (Å²) in [6, 6.07) is 10.2. The number of aryl methyl sites for hydroxylation is 1. The van der Waals surface area contributed by atoms with Gasteiger partial charge in [0, 0.05) is 18.4 Å². The quantitative estimate of drug-likeness (QED) is 0.806. The minimum absolute atomic E-state index is 0.885. The van der Waals surface area contributed by atoms with Gasteiger partial charge in [0.1, 0.15) is 11.6 Å². The van der Waals surface area contributed by atoms with Crippen molar-refractivity contribution in [1.82, 2.24) is 4.98 Å². The Labute approximate surface area is 107 Å². The molecule has 0 aliphatic carbocycles. The fourth-order valence-electron chi connectivity index (χ4n) is 2.46. The number of methoxy groups -OCH3 is 1. The first kappa shape index (κ1) is 11.1. The van der Waals surface area contributed by atoms with Gasteiger partial charge in [-0.25, -0.2) is 4.98 Å². The van der Waals surface area contributed by atoms with Gasteiger partial charge in [-0.1, -0.05) is 0 Å². The molecule has 2 heterocycles. The Kier molecular flexibility index (Phi) is 2.67. The molecule has 0 N–H and O–H groups in total. The van der Waals surface area contributed by atoms with Crippen molar-refractivity contribution in [1.29, 1.82) is 0 Å². The zero-order valence-electron chi connectivity index (χ0n) is 10.7. The second kappa shape index (κ2) is 4.33. The molecular weight excluding hydrogens is 224 g/mol. The average Bonchev–Trinajstić information content (AvgIpc) is 2.84. The van der Waals surface area contributed by atoms with E-state index in [1.54, 1.807) is 7.11 Å². The van der Waals surface area contributed by atoms with Crippen molar-refractivity contribution in [3.05, 3.63) is 47.7 Å². The summed E-state index contributed by atoms with van der Waals surface area (Å²) in [5, 5.41) is 0. The van der Waals surface area contributed by atoms with Crippen LogP contribution in [-0.4, -0.2) is 18.6 Å². The number of anilines is 2. The normalized spacial score (nSPS) is 13.6. The van der Waals surface area contributed by atoms with Crippen molar-refractivity contribution < 1.29 is 4.74 Å². The zero-order valence-corrected chi connectivity index (χ0v) is 10.7. The first-order valence-corrected chi connectivity index (χ1v) is 6.15. The van der Waals surface area contributed by atoms with E-state index in [9.17, 15) is 0 Å². The minimum atomic E-state index is 0.885. The van der Waals surface area contributed by atoms with Gasteiger partial charge in [0.15, 0.2) is 0 Å². The van der Waals surface area contributed by atoms with Crippen LogP contribution in [0.25, 0.3) is 0 Å². The highest BCUT2D eigenvalue weighted by Gasteiger charge is 2.22. The van der Waals surface area contributed by atoms with Crippen LogP contribution in [0.15, 0.2) is 36.5 Å². The molecule has 1 aromatic carbocycles. The third-order valence-electron chi connectivity index (χ3n) is 3.49. The lowest BCUT2D eigenvalue weighted by Crippen LogP contribution is -2.14. The topological polar surface area (TPSA) is 25.4 Å². The van der Waals surface area contributed by atoms with Gasteiger partial charge in [-0.3, -0.25) is 0 Å². The number of ether oxygens (including phenoxy) is 1. The summed E-state index contributed by atoms with van der Waals surface area (Å²) in [7, 11) is 1.69.